The van der Waals surface area contributed by atoms with E-state index in [4.69, 9.17) is 0 Å². The van der Waals surface area contributed by atoms with E-state index in [2.05, 4.69) is 0 Å². The van der Waals surface area contributed by atoms with Crippen LogP contribution in [0.15, 0.2) is 24.3 Å². The second kappa shape index (κ2) is 5.91. The number of rotatable bonds is 2. The monoisotopic (exact) mass is 299 g/mol. The summed E-state index contributed by atoms with van der Waals surface area (Å²) in [4.78, 5) is 13.3. The minimum absolute atomic E-state index is 0.0608. The molecule has 1 aliphatic heterocycles. The zero-order chi connectivity index (χ0) is 14.8. The van der Waals surface area contributed by atoms with Crippen LogP contribution in [0.4, 0.5) is 4.39 Å². The maximum Gasteiger partial charge on any atom is 0.222 e. The highest BCUT2D eigenvalue weighted by Gasteiger charge is 2.33. The van der Waals surface area contributed by atoms with E-state index in [1.165, 1.54) is 18.2 Å². The maximum atomic E-state index is 13.8. The standard InChI is InChI=1S/C14H18FNO3S/c1-2-14(17)16-8-7-13(20(18,19)10-9-16)11-5-3-4-6-12(11)15/h3-6,13H,2,7-10H2,1H3/t13-/m0/s1. The summed E-state index contributed by atoms with van der Waals surface area (Å²) in [7, 11) is -3.44. The van der Waals surface area contributed by atoms with Gasteiger partial charge in [-0.3, -0.25) is 4.79 Å². The van der Waals surface area contributed by atoms with E-state index in [0.29, 0.717) is 13.0 Å². The van der Waals surface area contributed by atoms with Crippen LogP contribution in [0, 0.1) is 5.82 Å². The quantitative estimate of drug-likeness (QED) is 0.838. The Bertz CT molecular complexity index is 600. The molecular formula is C14H18FNO3S. The number of amides is 1. The summed E-state index contributed by atoms with van der Waals surface area (Å²) in [6.07, 6.45) is 0.597. The van der Waals surface area contributed by atoms with Crippen LogP contribution in [-0.4, -0.2) is 38.1 Å². The molecule has 1 saturated heterocycles. The topological polar surface area (TPSA) is 54.5 Å². The van der Waals surface area contributed by atoms with Crippen molar-refractivity contribution in [3.63, 3.8) is 0 Å². The molecule has 6 heteroatoms. The van der Waals surface area contributed by atoms with Gasteiger partial charge in [0.1, 0.15) is 5.82 Å². The Morgan fingerprint density at radius 2 is 2.05 bits per heavy atom. The predicted octanol–water partition coefficient (Wildman–Crippen LogP) is 1.92. The molecule has 1 heterocycles. The molecule has 0 radical (unpaired) electrons. The molecule has 0 spiro atoms. The van der Waals surface area contributed by atoms with E-state index in [-0.39, 0.29) is 30.2 Å². The molecule has 0 N–H and O–H groups in total. The fraction of sp³-hybridized carbons (Fsp3) is 0.500. The largest absolute Gasteiger partial charge is 0.342 e. The number of hydrogen-bond donors (Lipinski definition) is 0. The van der Waals surface area contributed by atoms with Crippen molar-refractivity contribution in [2.24, 2.45) is 0 Å². The molecule has 1 aromatic carbocycles. The van der Waals surface area contributed by atoms with E-state index in [1.54, 1.807) is 17.9 Å². The first kappa shape index (κ1) is 15.0. The van der Waals surface area contributed by atoms with E-state index >= 15 is 0 Å². The molecule has 1 amide bonds. The number of nitrogens with zero attached hydrogens (tertiary/aromatic N) is 1. The molecule has 1 fully saturated rings. The van der Waals surface area contributed by atoms with Gasteiger partial charge < -0.3 is 4.90 Å². The lowest BCUT2D eigenvalue weighted by Gasteiger charge is -2.19. The third-order valence-corrected chi connectivity index (χ3v) is 5.76. The summed E-state index contributed by atoms with van der Waals surface area (Å²) >= 11 is 0. The van der Waals surface area contributed by atoms with Gasteiger partial charge in [-0.1, -0.05) is 25.1 Å². The van der Waals surface area contributed by atoms with Gasteiger partial charge in [0.05, 0.1) is 11.0 Å². The number of benzene rings is 1. The first-order chi connectivity index (χ1) is 9.45. The average molecular weight is 299 g/mol. The van der Waals surface area contributed by atoms with Crippen LogP contribution in [0.5, 0.6) is 0 Å². The van der Waals surface area contributed by atoms with Gasteiger partial charge in [0.25, 0.3) is 0 Å². The Morgan fingerprint density at radius 3 is 2.70 bits per heavy atom. The minimum atomic E-state index is -3.44. The lowest BCUT2D eigenvalue weighted by atomic mass is 10.1. The molecule has 0 aromatic heterocycles. The van der Waals surface area contributed by atoms with Crippen molar-refractivity contribution >= 4 is 15.7 Å². The third kappa shape index (κ3) is 3.00. The molecule has 1 aliphatic rings. The number of carbonyl (C=O) groups excluding carboxylic acids is 1. The molecule has 110 valence electrons. The van der Waals surface area contributed by atoms with Crippen molar-refractivity contribution in [1.29, 1.82) is 0 Å². The highest BCUT2D eigenvalue weighted by Crippen LogP contribution is 2.31. The van der Waals surface area contributed by atoms with Crippen LogP contribution in [-0.2, 0) is 14.6 Å². The highest BCUT2D eigenvalue weighted by atomic mass is 32.2. The van der Waals surface area contributed by atoms with Gasteiger partial charge in [-0.15, -0.1) is 0 Å². The molecule has 0 aliphatic carbocycles. The summed E-state index contributed by atoms with van der Waals surface area (Å²) in [5.74, 6) is -0.677. The summed E-state index contributed by atoms with van der Waals surface area (Å²) in [6, 6.07) is 5.95. The minimum Gasteiger partial charge on any atom is -0.342 e. The molecule has 4 nitrogen and oxygen atoms in total. The van der Waals surface area contributed by atoms with Crippen LogP contribution >= 0.6 is 0 Å². The molecule has 0 saturated carbocycles. The van der Waals surface area contributed by atoms with Gasteiger partial charge in [0.15, 0.2) is 9.84 Å². The predicted molar refractivity (Wildman–Crippen MR) is 74.4 cm³/mol. The zero-order valence-corrected chi connectivity index (χ0v) is 12.2. The third-order valence-electron chi connectivity index (χ3n) is 3.65. The highest BCUT2D eigenvalue weighted by molar-refractivity contribution is 7.91. The molecular weight excluding hydrogens is 281 g/mol. The Balaban J connectivity index is 2.30. The van der Waals surface area contributed by atoms with Crippen LogP contribution < -0.4 is 0 Å². The number of carbonyl (C=O) groups is 1. The first-order valence-corrected chi connectivity index (χ1v) is 8.41. The number of sulfone groups is 1. The van der Waals surface area contributed by atoms with Crippen LogP contribution in [0.2, 0.25) is 0 Å². The second-order valence-corrected chi connectivity index (χ2v) is 7.20. The fourth-order valence-corrected chi connectivity index (χ4v) is 4.30. The van der Waals surface area contributed by atoms with Gasteiger partial charge in [-0.25, -0.2) is 12.8 Å². The molecule has 0 unspecified atom stereocenters. The SMILES string of the molecule is CCC(=O)N1CC[C@@H](c2ccccc2F)S(=O)(=O)CC1. The van der Waals surface area contributed by atoms with E-state index in [0.717, 1.165) is 0 Å². The second-order valence-electron chi connectivity index (χ2n) is 4.90. The van der Waals surface area contributed by atoms with Crippen LogP contribution in [0.1, 0.15) is 30.6 Å². The summed E-state index contributed by atoms with van der Waals surface area (Å²) < 4.78 is 38.4. The van der Waals surface area contributed by atoms with Gasteiger partial charge in [0.2, 0.25) is 5.91 Å². The van der Waals surface area contributed by atoms with Crippen molar-refractivity contribution in [2.45, 2.75) is 25.0 Å². The first-order valence-electron chi connectivity index (χ1n) is 6.69. The molecule has 2 rings (SSSR count). The van der Waals surface area contributed by atoms with Gasteiger partial charge >= 0.3 is 0 Å². The summed E-state index contributed by atoms with van der Waals surface area (Å²) in [5.41, 5.74) is 0.207. The normalized spacial score (nSPS) is 22.3. The van der Waals surface area contributed by atoms with Crippen molar-refractivity contribution in [3.05, 3.63) is 35.6 Å². The fourth-order valence-electron chi connectivity index (χ4n) is 2.50. The zero-order valence-electron chi connectivity index (χ0n) is 11.4. The van der Waals surface area contributed by atoms with Crippen molar-refractivity contribution in [1.82, 2.24) is 4.90 Å². The van der Waals surface area contributed by atoms with Crippen molar-refractivity contribution < 1.29 is 17.6 Å². The lowest BCUT2D eigenvalue weighted by Crippen LogP contribution is -2.32. The van der Waals surface area contributed by atoms with Crippen LogP contribution in [0.25, 0.3) is 0 Å². The van der Waals surface area contributed by atoms with Gasteiger partial charge in [0, 0.05) is 25.1 Å². The lowest BCUT2D eigenvalue weighted by molar-refractivity contribution is -0.130. The van der Waals surface area contributed by atoms with E-state index in [1.807, 2.05) is 0 Å². The van der Waals surface area contributed by atoms with Crippen LogP contribution in [0.3, 0.4) is 0 Å². The molecule has 1 atom stereocenters. The van der Waals surface area contributed by atoms with Gasteiger partial charge in [-0.2, -0.15) is 0 Å². The number of hydrogen-bond acceptors (Lipinski definition) is 3. The molecule has 20 heavy (non-hydrogen) atoms. The maximum absolute atomic E-state index is 13.8. The Kier molecular flexibility index (Phi) is 4.42. The number of halogens is 1. The molecule has 1 aromatic rings. The summed E-state index contributed by atoms with van der Waals surface area (Å²) in [6.45, 7) is 2.29. The Morgan fingerprint density at radius 1 is 1.35 bits per heavy atom. The van der Waals surface area contributed by atoms with E-state index < -0.39 is 20.9 Å². The van der Waals surface area contributed by atoms with Crippen molar-refractivity contribution in [3.8, 4) is 0 Å². The summed E-state index contributed by atoms with van der Waals surface area (Å²) in [5, 5.41) is -0.863. The smallest absolute Gasteiger partial charge is 0.222 e. The Labute approximate surface area is 118 Å². The van der Waals surface area contributed by atoms with Gasteiger partial charge in [-0.05, 0) is 12.5 Å². The average Bonchev–Trinajstić information content (AvgIpc) is 2.57. The van der Waals surface area contributed by atoms with E-state index in [9.17, 15) is 17.6 Å². The van der Waals surface area contributed by atoms with Crippen molar-refractivity contribution in [2.75, 3.05) is 18.8 Å². The molecule has 0 bridgehead atoms. The Hall–Kier alpha value is -1.43.